The van der Waals surface area contributed by atoms with Gasteiger partial charge >= 0.3 is 11.9 Å². The average Bonchev–Trinajstić information content (AvgIpc) is 3.05. The Morgan fingerprint density at radius 1 is 1.50 bits per heavy atom. The molecule has 1 aromatic heterocycles. The third-order valence-electron chi connectivity index (χ3n) is 3.63. The van der Waals surface area contributed by atoms with Crippen molar-refractivity contribution in [3.63, 3.8) is 0 Å². The highest BCUT2D eigenvalue weighted by molar-refractivity contribution is 5.91. The number of hydrogen-bond acceptors (Lipinski definition) is 4. The van der Waals surface area contributed by atoms with Gasteiger partial charge in [-0.1, -0.05) is 12.6 Å². The molecule has 112 valence electrons. The van der Waals surface area contributed by atoms with Crippen molar-refractivity contribution in [2.75, 3.05) is 0 Å². The molecule has 0 radical (unpaired) electrons. The van der Waals surface area contributed by atoms with Gasteiger partial charge in [-0.05, 0) is 17.7 Å². The minimum Gasteiger partial charge on any atom is -0.478 e. The molecule has 1 unspecified atom stereocenters. The second-order valence-electron chi connectivity index (χ2n) is 5.21. The zero-order valence-corrected chi connectivity index (χ0v) is 11.9. The minimum atomic E-state index is -1.03. The van der Waals surface area contributed by atoms with E-state index in [0.29, 0.717) is 17.6 Å². The van der Waals surface area contributed by atoms with E-state index in [1.54, 1.807) is 30.1 Å². The second kappa shape index (κ2) is 5.14. The average molecular weight is 298 g/mol. The summed E-state index contributed by atoms with van der Waals surface area (Å²) in [6.45, 7) is 3.67. The molecule has 6 heteroatoms. The number of rotatable bonds is 3. The van der Waals surface area contributed by atoms with Gasteiger partial charge < -0.3 is 9.84 Å². The summed E-state index contributed by atoms with van der Waals surface area (Å²) in [4.78, 5) is 22.8. The third-order valence-corrected chi connectivity index (χ3v) is 3.63. The van der Waals surface area contributed by atoms with Crippen LogP contribution in [0.25, 0.3) is 11.1 Å². The molecule has 2 aromatic rings. The number of benzene rings is 1. The number of hydrogen-bond donors (Lipinski definition) is 1. The summed E-state index contributed by atoms with van der Waals surface area (Å²) in [5, 5.41) is 13.3. The molecule has 0 aliphatic carbocycles. The zero-order valence-electron chi connectivity index (χ0n) is 11.9. The Labute approximate surface area is 126 Å². The van der Waals surface area contributed by atoms with Crippen LogP contribution in [0.1, 0.15) is 28.4 Å². The highest BCUT2D eigenvalue weighted by Gasteiger charge is 2.31. The molecule has 0 saturated carbocycles. The molecule has 1 aromatic carbocycles. The minimum absolute atomic E-state index is 0.149. The van der Waals surface area contributed by atoms with E-state index >= 15 is 0 Å². The van der Waals surface area contributed by atoms with Crippen LogP contribution in [0, 0.1) is 0 Å². The van der Waals surface area contributed by atoms with Gasteiger partial charge in [-0.15, -0.1) is 0 Å². The first-order chi connectivity index (χ1) is 10.5. The lowest BCUT2D eigenvalue weighted by Gasteiger charge is -2.14. The SMILES string of the molecule is C=C1CC(c2cc(C(=O)O)ccc2-c2cnn(C)c2)OC1=O. The summed E-state index contributed by atoms with van der Waals surface area (Å²) in [5.74, 6) is -1.47. The zero-order chi connectivity index (χ0) is 15.9. The summed E-state index contributed by atoms with van der Waals surface area (Å²) < 4.78 is 6.96. The van der Waals surface area contributed by atoms with Crippen molar-refractivity contribution in [1.29, 1.82) is 0 Å². The molecular weight excluding hydrogens is 284 g/mol. The lowest BCUT2D eigenvalue weighted by atomic mass is 9.94. The Hall–Kier alpha value is -2.89. The van der Waals surface area contributed by atoms with Crippen molar-refractivity contribution in [1.82, 2.24) is 9.78 Å². The first kappa shape index (κ1) is 14.1. The standard InChI is InChI=1S/C16H14N2O4/c1-9-5-14(22-16(9)21)13-6-10(15(19)20)3-4-12(13)11-7-17-18(2)8-11/h3-4,6-8,14H,1,5H2,2H3,(H,19,20). The number of esters is 1. The summed E-state index contributed by atoms with van der Waals surface area (Å²) >= 11 is 0. The number of aromatic carboxylic acids is 1. The van der Waals surface area contributed by atoms with Crippen LogP contribution in [-0.2, 0) is 16.6 Å². The molecule has 6 nitrogen and oxygen atoms in total. The van der Waals surface area contributed by atoms with Crippen molar-refractivity contribution >= 4 is 11.9 Å². The van der Waals surface area contributed by atoms with Crippen molar-refractivity contribution in [2.45, 2.75) is 12.5 Å². The van der Waals surface area contributed by atoms with E-state index in [-0.39, 0.29) is 5.56 Å². The van der Waals surface area contributed by atoms with E-state index in [0.717, 1.165) is 11.1 Å². The van der Waals surface area contributed by atoms with Gasteiger partial charge in [-0.2, -0.15) is 5.10 Å². The van der Waals surface area contributed by atoms with Crippen LogP contribution in [-0.4, -0.2) is 26.8 Å². The van der Waals surface area contributed by atoms with E-state index in [2.05, 4.69) is 11.7 Å². The van der Waals surface area contributed by atoms with Crippen LogP contribution >= 0.6 is 0 Å². The maximum absolute atomic E-state index is 11.6. The van der Waals surface area contributed by atoms with Gasteiger partial charge in [0.2, 0.25) is 0 Å². The number of aromatic nitrogens is 2. The van der Waals surface area contributed by atoms with Crippen LogP contribution in [0.5, 0.6) is 0 Å². The van der Waals surface area contributed by atoms with Crippen molar-refractivity contribution in [3.8, 4) is 11.1 Å². The summed E-state index contributed by atoms with van der Waals surface area (Å²) in [6.07, 6.45) is 3.35. The van der Waals surface area contributed by atoms with Crippen LogP contribution < -0.4 is 0 Å². The highest BCUT2D eigenvalue weighted by Crippen LogP contribution is 2.38. The lowest BCUT2D eigenvalue weighted by molar-refractivity contribution is -0.139. The third kappa shape index (κ3) is 2.39. The largest absolute Gasteiger partial charge is 0.478 e. The molecule has 0 spiro atoms. The van der Waals surface area contributed by atoms with Gasteiger partial charge in [0.1, 0.15) is 6.10 Å². The van der Waals surface area contributed by atoms with Gasteiger partial charge in [-0.3, -0.25) is 4.68 Å². The lowest BCUT2D eigenvalue weighted by Crippen LogP contribution is -2.04. The molecule has 3 rings (SSSR count). The fourth-order valence-corrected chi connectivity index (χ4v) is 2.52. The molecule has 1 saturated heterocycles. The molecule has 2 heterocycles. The van der Waals surface area contributed by atoms with Gasteiger partial charge in [0.25, 0.3) is 0 Å². The number of carbonyl (C=O) groups is 2. The van der Waals surface area contributed by atoms with E-state index < -0.39 is 18.0 Å². The Balaban J connectivity index is 2.11. The maximum Gasteiger partial charge on any atom is 0.335 e. The van der Waals surface area contributed by atoms with Crippen LogP contribution in [0.15, 0.2) is 42.7 Å². The van der Waals surface area contributed by atoms with E-state index in [9.17, 15) is 14.7 Å². The van der Waals surface area contributed by atoms with Crippen LogP contribution in [0.2, 0.25) is 0 Å². The van der Waals surface area contributed by atoms with E-state index in [4.69, 9.17) is 4.74 Å². The molecule has 0 amide bonds. The van der Waals surface area contributed by atoms with Gasteiger partial charge in [0.15, 0.2) is 0 Å². The Bertz CT molecular complexity index is 775. The van der Waals surface area contributed by atoms with Crippen molar-refractivity contribution < 1.29 is 19.4 Å². The van der Waals surface area contributed by atoms with Gasteiger partial charge in [-0.25, -0.2) is 9.59 Å². The second-order valence-corrected chi connectivity index (χ2v) is 5.21. The highest BCUT2D eigenvalue weighted by atomic mass is 16.5. The Morgan fingerprint density at radius 2 is 2.27 bits per heavy atom. The van der Waals surface area contributed by atoms with Gasteiger partial charge in [0.05, 0.1) is 11.8 Å². The number of aryl methyl sites for hydroxylation is 1. The van der Waals surface area contributed by atoms with E-state index in [1.807, 2.05) is 6.20 Å². The molecule has 1 aliphatic rings. The molecular formula is C16H14N2O4. The quantitative estimate of drug-likeness (QED) is 0.694. The smallest absolute Gasteiger partial charge is 0.335 e. The summed E-state index contributed by atoms with van der Waals surface area (Å²) in [7, 11) is 1.80. The number of carbonyl (C=O) groups excluding carboxylic acids is 1. The Kier molecular flexibility index (Phi) is 3.29. The number of carboxylic acids is 1. The van der Waals surface area contributed by atoms with Crippen LogP contribution in [0.4, 0.5) is 0 Å². The van der Waals surface area contributed by atoms with Crippen LogP contribution in [0.3, 0.4) is 0 Å². The molecule has 1 aliphatic heterocycles. The normalized spacial score (nSPS) is 17.6. The van der Waals surface area contributed by atoms with E-state index in [1.165, 1.54) is 6.07 Å². The summed E-state index contributed by atoms with van der Waals surface area (Å²) in [5.41, 5.74) is 2.83. The fraction of sp³-hybridized carbons (Fsp3) is 0.188. The first-order valence-electron chi connectivity index (χ1n) is 6.70. The number of ether oxygens (including phenoxy) is 1. The van der Waals surface area contributed by atoms with Gasteiger partial charge in [0, 0.05) is 36.4 Å². The fourth-order valence-electron chi connectivity index (χ4n) is 2.52. The molecule has 22 heavy (non-hydrogen) atoms. The van der Waals surface area contributed by atoms with Crippen molar-refractivity contribution in [2.24, 2.45) is 7.05 Å². The topological polar surface area (TPSA) is 81.4 Å². The molecule has 0 bridgehead atoms. The van der Waals surface area contributed by atoms with Crippen molar-refractivity contribution in [3.05, 3.63) is 53.9 Å². The number of cyclic esters (lactones) is 1. The monoisotopic (exact) mass is 298 g/mol. The first-order valence-corrected chi connectivity index (χ1v) is 6.70. The number of nitrogens with zero attached hydrogens (tertiary/aromatic N) is 2. The predicted molar refractivity (Wildman–Crippen MR) is 78.2 cm³/mol. The maximum atomic E-state index is 11.6. The molecule has 1 fully saturated rings. The summed E-state index contributed by atoms with van der Waals surface area (Å²) in [6, 6.07) is 4.78. The number of carboxylic acid groups (broad SMARTS) is 1. The molecule has 1 atom stereocenters. The Morgan fingerprint density at radius 3 is 2.82 bits per heavy atom. The molecule has 1 N–H and O–H groups in total. The predicted octanol–water partition coefficient (Wildman–Crippen LogP) is 2.33.